The molecule has 0 bridgehead atoms. The van der Waals surface area contributed by atoms with Gasteiger partial charge in [-0.15, -0.1) is 0 Å². The number of rotatable bonds is 4. The Morgan fingerprint density at radius 1 is 1.00 bits per heavy atom. The maximum Gasteiger partial charge on any atom is 0.250 e. The molecule has 0 unspecified atom stereocenters. The minimum absolute atomic E-state index is 0.0166. The predicted molar refractivity (Wildman–Crippen MR) is 114 cm³/mol. The molecule has 0 saturated heterocycles. The van der Waals surface area contributed by atoms with E-state index in [1.54, 1.807) is 16.7 Å². The summed E-state index contributed by atoms with van der Waals surface area (Å²) >= 11 is 0. The lowest BCUT2D eigenvalue weighted by Gasteiger charge is -2.22. The molecule has 0 aliphatic carbocycles. The average molecular weight is 372 g/mol. The summed E-state index contributed by atoms with van der Waals surface area (Å²) in [6.07, 6.45) is 2.86. The Labute approximate surface area is 165 Å². The number of para-hydroxylation sites is 1. The molecule has 0 atom stereocenters. The molecule has 28 heavy (non-hydrogen) atoms. The molecule has 0 fully saturated rings. The molecule has 2 heterocycles. The van der Waals surface area contributed by atoms with Crippen molar-refractivity contribution in [2.24, 2.45) is 4.99 Å². The van der Waals surface area contributed by atoms with Gasteiger partial charge in [0.1, 0.15) is 0 Å². The topological polar surface area (TPSA) is 49.6 Å². The van der Waals surface area contributed by atoms with Crippen LogP contribution in [0.2, 0.25) is 0 Å². The number of hydrogen-bond acceptors (Lipinski definition) is 2. The highest BCUT2D eigenvalue weighted by Gasteiger charge is 2.22. The molecule has 2 aromatic carbocycles. The largest absolute Gasteiger partial charge is 0.352 e. The van der Waals surface area contributed by atoms with Gasteiger partial charge in [0.25, 0.3) is 5.56 Å². The monoisotopic (exact) mass is 372 g/mol. The zero-order chi connectivity index (χ0) is 19.3. The van der Waals surface area contributed by atoms with E-state index in [2.05, 4.69) is 63.7 Å². The molecule has 3 aromatic rings. The summed E-state index contributed by atoms with van der Waals surface area (Å²) in [6, 6.07) is 22.1. The second-order valence-electron chi connectivity index (χ2n) is 6.91. The first-order valence-corrected chi connectivity index (χ1v) is 9.54. The SMILES string of the molecule is CN=C(NCc1ccc(Cn2ccccc2=O)cc1)N1CCc2ccccc21. The summed E-state index contributed by atoms with van der Waals surface area (Å²) in [5.74, 6) is 0.893. The fourth-order valence-corrected chi connectivity index (χ4v) is 3.59. The van der Waals surface area contributed by atoms with Crippen LogP contribution in [0.1, 0.15) is 16.7 Å². The summed E-state index contributed by atoms with van der Waals surface area (Å²) in [4.78, 5) is 18.6. The Balaban J connectivity index is 1.40. The summed E-state index contributed by atoms with van der Waals surface area (Å²) in [6.45, 7) is 2.24. The van der Waals surface area contributed by atoms with Crippen molar-refractivity contribution in [2.75, 3.05) is 18.5 Å². The molecule has 1 N–H and O–H groups in total. The molecular weight excluding hydrogens is 348 g/mol. The molecule has 0 saturated carbocycles. The van der Waals surface area contributed by atoms with Crippen molar-refractivity contribution < 1.29 is 0 Å². The van der Waals surface area contributed by atoms with Gasteiger partial charge in [-0.2, -0.15) is 0 Å². The molecule has 1 aromatic heterocycles. The molecule has 4 rings (SSSR count). The molecule has 142 valence electrons. The van der Waals surface area contributed by atoms with Crippen LogP contribution in [0.25, 0.3) is 0 Å². The maximum atomic E-state index is 11.8. The Morgan fingerprint density at radius 2 is 1.75 bits per heavy atom. The van der Waals surface area contributed by atoms with Gasteiger partial charge in [0.2, 0.25) is 0 Å². The van der Waals surface area contributed by atoms with Gasteiger partial charge in [0.15, 0.2) is 5.96 Å². The zero-order valence-corrected chi connectivity index (χ0v) is 16.0. The minimum atomic E-state index is 0.0166. The summed E-state index contributed by atoms with van der Waals surface area (Å²) < 4.78 is 1.71. The molecule has 5 nitrogen and oxygen atoms in total. The third kappa shape index (κ3) is 3.83. The third-order valence-corrected chi connectivity index (χ3v) is 5.08. The Morgan fingerprint density at radius 3 is 2.54 bits per heavy atom. The summed E-state index contributed by atoms with van der Waals surface area (Å²) in [5.41, 5.74) is 4.90. The van der Waals surface area contributed by atoms with E-state index in [0.29, 0.717) is 13.1 Å². The molecule has 0 radical (unpaired) electrons. The number of anilines is 1. The van der Waals surface area contributed by atoms with Crippen LogP contribution in [-0.4, -0.2) is 24.1 Å². The second kappa shape index (κ2) is 8.13. The molecule has 1 aliphatic heterocycles. The van der Waals surface area contributed by atoms with Crippen LogP contribution in [0.15, 0.2) is 82.7 Å². The van der Waals surface area contributed by atoms with Crippen LogP contribution in [0.4, 0.5) is 5.69 Å². The van der Waals surface area contributed by atoms with Gasteiger partial charge in [-0.25, -0.2) is 0 Å². The molecule has 5 heteroatoms. The lowest BCUT2D eigenvalue weighted by molar-refractivity contribution is 0.758. The van der Waals surface area contributed by atoms with Crippen LogP contribution < -0.4 is 15.8 Å². The van der Waals surface area contributed by atoms with E-state index in [1.165, 1.54) is 16.8 Å². The van der Waals surface area contributed by atoms with Gasteiger partial charge in [0.05, 0.1) is 6.54 Å². The van der Waals surface area contributed by atoms with Crippen molar-refractivity contribution in [1.29, 1.82) is 0 Å². The van der Waals surface area contributed by atoms with Crippen LogP contribution in [0.5, 0.6) is 0 Å². The average Bonchev–Trinajstić information content (AvgIpc) is 3.16. The number of guanidine groups is 1. The number of nitrogens with zero attached hydrogens (tertiary/aromatic N) is 3. The van der Waals surface area contributed by atoms with E-state index in [-0.39, 0.29) is 5.56 Å². The quantitative estimate of drug-likeness (QED) is 0.566. The normalized spacial score (nSPS) is 13.5. The first-order chi connectivity index (χ1) is 13.7. The first kappa shape index (κ1) is 18.0. The second-order valence-corrected chi connectivity index (χ2v) is 6.91. The number of aromatic nitrogens is 1. The molecule has 1 aliphatic rings. The molecule has 0 amide bonds. The van der Waals surface area contributed by atoms with Crippen LogP contribution in [-0.2, 0) is 19.5 Å². The number of fused-ring (bicyclic) bond motifs is 1. The van der Waals surface area contributed by atoms with Crippen molar-refractivity contribution in [2.45, 2.75) is 19.5 Å². The number of hydrogen-bond donors (Lipinski definition) is 1. The highest BCUT2D eigenvalue weighted by atomic mass is 16.1. The lowest BCUT2D eigenvalue weighted by atomic mass is 10.1. The van der Waals surface area contributed by atoms with Gasteiger partial charge >= 0.3 is 0 Å². The van der Waals surface area contributed by atoms with Crippen molar-refractivity contribution in [1.82, 2.24) is 9.88 Å². The zero-order valence-electron chi connectivity index (χ0n) is 16.0. The third-order valence-electron chi connectivity index (χ3n) is 5.08. The van der Waals surface area contributed by atoms with Crippen LogP contribution in [0.3, 0.4) is 0 Å². The van der Waals surface area contributed by atoms with Crippen molar-refractivity contribution in [3.63, 3.8) is 0 Å². The smallest absolute Gasteiger partial charge is 0.250 e. The number of pyridine rings is 1. The Kier molecular flexibility index (Phi) is 5.24. The fourth-order valence-electron chi connectivity index (χ4n) is 3.59. The van der Waals surface area contributed by atoms with Gasteiger partial charge in [-0.1, -0.05) is 48.5 Å². The van der Waals surface area contributed by atoms with E-state index in [1.807, 2.05) is 19.3 Å². The minimum Gasteiger partial charge on any atom is -0.352 e. The number of nitrogens with one attached hydrogen (secondary N) is 1. The lowest BCUT2D eigenvalue weighted by Crippen LogP contribution is -2.40. The first-order valence-electron chi connectivity index (χ1n) is 9.54. The highest BCUT2D eigenvalue weighted by molar-refractivity contribution is 5.97. The van der Waals surface area contributed by atoms with E-state index in [9.17, 15) is 4.79 Å². The Hall–Kier alpha value is -3.34. The van der Waals surface area contributed by atoms with Gasteiger partial charge in [-0.05, 0) is 35.2 Å². The predicted octanol–water partition coefficient (Wildman–Crippen LogP) is 3.03. The van der Waals surface area contributed by atoms with Crippen molar-refractivity contribution >= 4 is 11.6 Å². The van der Waals surface area contributed by atoms with Crippen LogP contribution >= 0.6 is 0 Å². The van der Waals surface area contributed by atoms with Crippen LogP contribution in [0, 0.1) is 0 Å². The highest BCUT2D eigenvalue weighted by Crippen LogP contribution is 2.27. The van der Waals surface area contributed by atoms with E-state index in [4.69, 9.17) is 0 Å². The van der Waals surface area contributed by atoms with Crippen molar-refractivity contribution in [3.8, 4) is 0 Å². The maximum absolute atomic E-state index is 11.8. The van der Waals surface area contributed by atoms with Gasteiger partial charge in [0, 0.05) is 38.1 Å². The van der Waals surface area contributed by atoms with E-state index < -0.39 is 0 Å². The summed E-state index contributed by atoms with van der Waals surface area (Å²) in [7, 11) is 1.82. The van der Waals surface area contributed by atoms with Gasteiger partial charge < -0.3 is 14.8 Å². The number of aliphatic imine (C=N–C) groups is 1. The van der Waals surface area contributed by atoms with Gasteiger partial charge in [-0.3, -0.25) is 9.79 Å². The number of benzene rings is 2. The van der Waals surface area contributed by atoms with E-state index in [0.717, 1.165) is 24.5 Å². The standard InChI is InChI=1S/C23H24N4O/c1-24-23(27-15-13-20-6-2-3-7-21(20)27)25-16-18-9-11-19(12-10-18)17-26-14-5-4-8-22(26)28/h2-12,14H,13,15-17H2,1H3,(H,24,25). The summed E-state index contributed by atoms with van der Waals surface area (Å²) in [5, 5.41) is 3.47. The van der Waals surface area contributed by atoms with Crippen molar-refractivity contribution in [3.05, 3.63) is 100.0 Å². The fraction of sp³-hybridized carbons (Fsp3) is 0.217. The molecule has 0 spiro atoms. The van der Waals surface area contributed by atoms with E-state index >= 15 is 0 Å². The Bertz CT molecular complexity index is 1040. The molecular formula is C23H24N4O.